The lowest BCUT2D eigenvalue weighted by Gasteiger charge is -2.20. The molecule has 0 radical (unpaired) electrons. The van der Waals surface area contributed by atoms with Crippen molar-refractivity contribution in [3.63, 3.8) is 0 Å². The van der Waals surface area contributed by atoms with Crippen LogP contribution >= 0.6 is 23.2 Å². The Labute approximate surface area is 175 Å². The number of carboxylic acid groups (broad SMARTS) is 1. The summed E-state index contributed by atoms with van der Waals surface area (Å²) >= 11 is 11.9. The second-order valence-electron chi connectivity index (χ2n) is 6.67. The van der Waals surface area contributed by atoms with Crippen LogP contribution in [0.15, 0.2) is 42.5 Å². The minimum absolute atomic E-state index is 0.118. The van der Waals surface area contributed by atoms with E-state index in [0.29, 0.717) is 10.6 Å². The summed E-state index contributed by atoms with van der Waals surface area (Å²) in [5, 5.41) is 11.9. The molecule has 2 atom stereocenters. The first-order valence-corrected chi connectivity index (χ1v) is 9.36. The van der Waals surface area contributed by atoms with Gasteiger partial charge in [-0.05, 0) is 41.8 Å². The number of carbonyl (C=O) groups is 2. The zero-order valence-electron chi connectivity index (χ0n) is 15.3. The highest BCUT2D eigenvalue weighted by atomic mass is 35.5. The molecule has 1 unspecified atom stereocenters. The molecule has 0 aliphatic rings. The van der Waals surface area contributed by atoms with Gasteiger partial charge in [-0.1, -0.05) is 48.3 Å². The van der Waals surface area contributed by atoms with Crippen molar-refractivity contribution in [1.82, 2.24) is 0 Å². The summed E-state index contributed by atoms with van der Waals surface area (Å²) in [6.07, 6.45) is -5.74. The molecule has 2 aromatic carbocycles. The van der Waals surface area contributed by atoms with Crippen molar-refractivity contribution in [3.05, 3.63) is 63.6 Å². The number of amides is 1. The number of alkyl halides is 3. The van der Waals surface area contributed by atoms with Crippen LogP contribution in [0.25, 0.3) is 0 Å². The number of carboxylic acids is 1. The van der Waals surface area contributed by atoms with Crippen molar-refractivity contribution in [2.45, 2.75) is 31.9 Å². The molecule has 0 fully saturated rings. The number of anilines is 1. The summed E-state index contributed by atoms with van der Waals surface area (Å²) in [4.78, 5) is 23.7. The highest BCUT2D eigenvalue weighted by Crippen LogP contribution is 2.34. The van der Waals surface area contributed by atoms with Crippen molar-refractivity contribution in [3.8, 4) is 0 Å². The lowest BCUT2D eigenvalue weighted by molar-refractivity contribution is -0.146. The molecular weight excluding hydrogens is 430 g/mol. The Hall–Kier alpha value is -2.25. The fraction of sp³-hybridized carbons (Fsp3) is 0.300. The molecule has 0 heterocycles. The topological polar surface area (TPSA) is 66.4 Å². The van der Waals surface area contributed by atoms with Gasteiger partial charge in [0.15, 0.2) is 0 Å². The summed E-state index contributed by atoms with van der Waals surface area (Å²) in [6, 6.07) is 10.1. The van der Waals surface area contributed by atoms with Crippen LogP contribution in [0.1, 0.15) is 30.4 Å². The quantitative estimate of drug-likeness (QED) is 0.552. The molecule has 0 saturated carbocycles. The van der Waals surface area contributed by atoms with E-state index in [1.807, 2.05) is 0 Å². The van der Waals surface area contributed by atoms with Crippen molar-refractivity contribution in [1.29, 1.82) is 0 Å². The summed E-state index contributed by atoms with van der Waals surface area (Å²) in [5.41, 5.74) is 0.863. The van der Waals surface area contributed by atoms with E-state index in [1.165, 1.54) is 43.3 Å². The molecular formula is C20H18Cl2F3NO3. The van der Waals surface area contributed by atoms with Gasteiger partial charge in [0.2, 0.25) is 5.91 Å². The smallest absolute Gasteiger partial charge is 0.390 e. The third-order valence-electron chi connectivity index (χ3n) is 4.28. The average Bonchev–Trinajstić information content (AvgIpc) is 2.62. The van der Waals surface area contributed by atoms with Crippen LogP contribution in [0.3, 0.4) is 0 Å². The first kappa shape index (κ1) is 23.0. The number of hydrogen-bond donors (Lipinski definition) is 2. The maximum atomic E-state index is 13.0. The second-order valence-corrected chi connectivity index (χ2v) is 7.51. The molecule has 0 aliphatic heterocycles. The van der Waals surface area contributed by atoms with Gasteiger partial charge >= 0.3 is 12.1 Å². The monoisotopic (exact) mass is 447 g/mol. The molecule has 156 valence electrons. The van der Waals surface area contributed by atoms with Gasteiger partial charge in [0.25, 0.3) is 0 Å². The summed E-state index contributed by atoms with van der Waals surface area (Å²) in [6.45, 7) is 1.52. The van der Waals surface area contributed by atoms with Gasteiger partial charge in [0.1, 0.15) is 0 Å². The van der Waals surface area contributed by atoms with E-state index in [9.17, 15) is 22.8 Å². The molecule has 4 nitrogen and oxygen atoms in total. The SMILES string of the molecule is CC(Cc1ccc(Cl)c(NC(=O)[C@@H](CC(F)(F)F)c2ccc(Cl)cc2)c1)C(=O)O. The van der Waals surface area contributed by atoms with E-state index < -0.39 is 36.3 Å². The van der Waals surface area contributed by atoms with Gasteiger partial charge in [-0.25, -0.2) is 0 Å². The Balaban J connectivity index is 2.28. The molecule has 2 aromatic rings. The first-order valence-electron chi connectivity index (χ1n) is 8.60. The summed E-state index contributed by atoms with van der Waals surface area (Å²) < 4.78 is 39.1. The fourth-order valence-corrected chi connectivity index (χ4v) is 3.04. The zero-order valence-corrected chi connectivity index (χ0v) is 16.8. The normalized spacial score (nSPS) is 13.6. The van der Waals surface area contributed by atoms with Crippen LogP contribution in [-0.2, 0) is 16.0 Å². The number of rotatable bonds is 7. The van der Waals surface area contributed by atoms with Gasteiger partial charge in [-0.15, -0.1) is 0 Å². The van der Waals surface area contributed by atoms with E-state index in [4.69, 9.17) is 28.3 Å². The standard InChI is InChI=1S/C20H18Cl2F3NO3/c1-11(19(28)29)8-12-2-7-16(22)17(9-12)26-18(27)15(10-20(23,24)25)13-3-5-14(21)6-4-13/h2-7,9,11,15H,8,10H2,1H3,(H,26,27)(H,28,29)/t11?,15-/m0/s1. The van der Waals surface area contributed by atoms with Crippen LogP contribution < -0.4 is 5.32 Å². The Morgan fingerprint density at radius 3 is 2.28 bits per heavy atom. The number of hydrogen-bond acceptors (Lipinski definition) is 2. The highest BCUT2D eigenvalue weighted by molar-refractivity contribution is 6.33. The molecule has 1 amide bonds. The molecule has 29 heavy (non-hydrogen) atoms. The van der Waals surface area contributed by atoms with Crippen LogP contribution in [0.4, 0.5) is 18.9 Å². The molecule has 2 N–H and O–H groups in total. The maximum Gasteiger partial charge on any atom is 0.390 e. The van der Waals surface area contributed by atoms with E-state index in [0.717, 1.165) is 0 Å². The van der Waals surface area contributed by atoms with Crippen molar-refractivity contribution in [2.75, 3.05) is 5.32 Å². The minimum atomic E-state index is -4.57. The third kappa shape index (κ3) is 6.94. The fourth-order valence-electron chi connectivity index (χ4n) is 2.74. The van der Waals surface area contributed by atoms with Crippen LogP contribution in [0, 0.1) is 5.92 Å². The largest absolute Gasteiger partial charge is 0.481 e. The molecule has 0 saturated heterocycles. The second kappa shape index (κ2) is 9.50. The number of carbonyl (C=O) groups excluding carboxylic acids is 1. The van der Waals surface area contributed by atoms with Crippen LogP contribution in [0.5, 0.6) is 0 Å². The predicted octanol–water partition coefficient (Wildman–Crippen LogP) is 5.93. The van der Waals surface area contributed by atoms with E-state index >= 15 is 0 Å². The van der Waals surface area contributed by atoms with E-state index in [1.54, 1.807) is 6.07 Å². The number of halogens is 5. The Morgan fingerprint density at radius 1 is 1.10 bits per heavy atom. The van der Waals surface area contributed by atoms with Gasteiger partial charge in [0.05, 0.1) is 29.0 Å². The predicted molar refractivity (Wildman–Crippen MR) is 105 cm³/mol. The molecule has 0 aliphatic carbocycles. The molecule has 0 bridgehead atoms. The van der Waals surface area contributed by atoms with Crippen LogP contribution in [-0.4, -0.2) is 23.2 Å². The number of benzene rings is 2. The van der Waals surface area contributed by atoms with Gasteiger partial charge < -0.3 is 10.4 Å². The lowest BCUT2D eigenvalue weighted by Crippen LogP contribution is -2.26. The van der Waals surface area contributed by atoms with E-state index in [-0.39, 0.29) is 22.7 Å². The Bertz CT molecular complexity index is 886. The number of nitrogens with one attached hydrogen (secondary N) is 1. The lowest BCUT2D eigenvalue weighted by atomic mass is 9.94. The third-order valence-corrected chi connectivity index (χ3v) is 4.86. The first-order chi connectivity index (χ1) is 13.5. The number of aliphatic carboxylic acids is 1. The summed E-state index contributed by atoms with van der Waals surface area (Å²) in [7, 11) is 0. The highest BCUT2D eigenvalue weighted by Gasteiger charge is 2.36. The van der Waals surface area contributed by atoms with Gasteiger partial charge in [-0.2, -0.15) is 13.2 Å². The van der Waals surface area contributed by atoms with E-state index in [2.05, 4.69) is 5.32 Å². The van der Waals surface area contributed by atoms with Gasteiger partial charge in [-0.3, -0.25) is 9.59 Å². The van der Waals surface area contributed by atoms with Gasteiger partial charge in [0, 0.05) is 5.02 Å². The minimum Gasteiger partial charge on any atom is -0.481 e. The Kier molecular flexibility index (Phi) is 7.54. The molecule has 2 rings (SSSR count). The van der Waals surface area contributed by atoms with Crippen molar-refractivity contribution < 1.29 is 27.9 Å². The van der Waals surface area contributed by atoms with Crippen molar-refractivity contribution >= 4 is 40.8 Å². The average molecular weight is 448 g/mol. The zero-order chi connectivity index (χ0) is 21.8. The molecule has 0 spiro atoms. The Morgan fingerprint density at radius 2 is 1.72 bits per heavy atom. The summed E-state index contributed by atoms with van der Waals surface area (Å²) in [5.74, 6) is -4.04. The van der Waals surface area contributed by atoms with Crippen LogP contribution in [0.2, 0.25) is 10.0 Å². The maximum absolute atomic E-state index is 13.0. The van der Waals surface area contributed by atoms with Crippen molar-refractivity contribution in [2.24, 2.45) is 5.92 Å². The molecule has 9 heteroatoms. The molecule has 0 aromatic heterocycles.